The second-order valence-corrected chi connectivity index (χ2v) is 10.2. The molecule has 4 rings (SSSR count). The van der Waals surface area contributed by atoms with Gasteiger partial charge in [0.15, 0.2) is 11.0 Å². The Balaban J connectivity index is 1.41. The van der Waals surface area contributed by atoms with Gasteiger partial charge in [0, 0.05) is 19.1 Å². The smallest absolute Gasteiger partial charge is 0.233 e. The number of para-hydroxylation sites is 1. The zero-order chi connectivity index (χ0) is 22.3. The van der Waals surface area contributed by atoms with E-state index in [2.05, 4.69) is 45.4 Å². The number of nitrogens with zero attached hydrogens (tertiary/aromatic N) is 4. The first kappa shape index (κ1) is 22.9. The highest BCUT2D eigenvalue weighted by Crippen LogP contribution is 2.30. The minimum Gasteiger partial charge on any atom is -0.486 e. The van der Waals surface area contributed by atoms with Crippen LogP contribution in [0.5, 0.6) is 5.75 Å². The maximum absolute atomic E-state index is 13.0. The van der Waals surface area contributed by atoms with Crippen molar-refractivity contribution < 1.29 is 9.53 Å². The van der Waals surface area contributed by atoms with Crippen LogP contribution in [0.3, 0.4) is 0 Å². The summed E-state index contributed by atoms with van der Waals surface area (Å²) in [6.45, 7) is 6.28. The summed E-state index contributed by atoms with van der Waals surface area (Å²) in [5, 5.41) is 13.8. The molecule has 0 saturated heterocycles. The molecule has 0 radical (unpaired) electrons. The standard InChI is InChI=1S/C24H30N4O2S2/c1-18(2)10-12-27-22(15-30-21-6-4-3-5-7-21)25-26-24(27)32-17-23(29)28(20-8-9-20)14-19-11-13-31-16-19/h3-7,11,13,16,18,20H,8-10,12,14-15,17H2,1-2H3. The Morgan fingerprint density at radius 1 is 1.25 bits per heavy atom. The van der Waals surface area contributed by atoms with Gasteiger partial charge in [-0.25, -0.2) is 0 Å². The number of aromatic nitrogens is 3. The highest BCUT2D eigenvalue weighted by atomic mass is 32.2. The number of benzene rings is 1. The van der Waals surface area contributed by atoms with Crippen LogP contribution < -0.4 is 4.74 Å². The van der Waals surface area contributed by atoms with Gasteiger partial charge >= 0.3 is 0 Å². The highest BCUT2D eigenvalue weighted by molar-refractivity contribution is 7.99. The van der Waals surface area contributed by atoms with E-state index in [0.29, 0.717) is 30.9 Å². The van der Waals surface area contributed by atoms with Gasteiger partial charge in [0.25, 0.3) is 0 Å². The van der Waals surface area contributed by atoms with E-state index >= 15 is 0 Å². The number of hydrogen-bond acceptors (Lipinski definition) is 6. The van der Waals surface area contributed by atoms with Crippen molar-refractivity contribution >= 4 is 29.0 Å². The van der Waals surface area contributed by atoms with Crippen molar-refractivity contribution in [3.05, 3.63) is 58.5 Å². The van der Waals surface area contributed by atoms with Crippen molar-refractivity contribution in [2.75, 3.05) is 5.75 Å². The van der Waals surface area contributed by atoms with E-state index in [9.17, 15) is 4.79 Å². The number of ether oxygens (including phenoxy) is 1. The summed E-state index contributed by atoms with van der Waals surface area (Å²) in [5.41, 5.74) is 1.21. The van der Waals surface area contributed by atoms with Crippen LogP contribution in [-0.4, -0.2) is 37.4 Å². The summed E-state index contributed by atoms with van der Waals surface area (Å²) < 4.78 is 8.02. The predicted octanol–water partition coefficient (Wildman–Crippen LogP) is 5.25. The van der Waals surface area contributed by atoms with Gasteiger partial charge in [-0.2, -0.15) is 11.3 Å². The summed E-state index contributed by atoms with van der Waals surface area (Å²) in [6, 6.07) is 12.2. The largest absolute Gasteiger partial charge is 0.486 e. The van der Waals surface area contributed by atoms with Crippen molar-refractivity contribution in [2.24, 2.45) is 5.92 Å². The maximum Gasteiger partial charge on any atom is 0.233 e. The van der Waals surface area contributed by atoms with E-state index < -0.39 is 0 Å². The normalized spacial score (nSPS) is 13.5. The lowest BCUT2D eigenvalue weighted by Crippen LogP contribution is -2.33. The van der Waals surface area contributed by atoms with Crippen molar-refractivity contribution in [3.63, 3.8) is 0 Å². The van der Waals surface area contributed by atoms with E-state index in [0.717, 1.165) is 42.5 Å². The molecule has 32 heavy (non-hydrogen) atoms. The van der Waals surface area contributed by atoms with Crippen LogP contribution in [-0.2, 0) is 24.5 Å². The third kappa shape index (κ3) is 6.36. The Hall–Kier alpha value is -2.32. The first-order valence-corrected chi connectivity index (χ1v) is 13.1. The first-order valence-electron chi connectivity index (χ1n) is 11.1. The van der Waals surface area contributed by atoms with E-state index in [1.165, 1.54) is 17.3 Å². The van der Waals surface area contributed by atoms with Crippen molar-refractivity contribution in [2.45, 2.75) is 64.0 Å². The topological polar surface area (TPSA) is 60.2 Å². The number of thioether (sulfide) groups is 1. The molecule has 2 heterocycles. The molecule has 0 unspecified atom stereocenters. The average Bonchev–Trinajstić information content (AvgIpc) is 3.36. The predicted molar refractivity (Wildman–Crippen MR) is 129 cm³/mol. The molecule has 0 spiro atoms. The lowest BCUT2D eigenvalue weighted by Gasteiger charge is -2.22. The molecule has 1 amide bonds. The quantitative estimate of drug-likeness (QED) is 0.339. The van der Waals surface area contributed by atoms with Gasteiger partial charge in [-0.3, -0.25) is 4.79 Å². The molecule has 0 atom stereocenters. The minimum absolute atomic E-state index is 0.171. The molecule has 1 aliphatic rings. The number of hydrogen-bond donors (Lipinski definition) is 0. The molecule has 6 nitrogen and oxygen atoms in total. The second-order valence-electron chi connectivity index (χ2n) is 8.51. The zero-order valence-corrected chi connectivity index (χ0v) is 20.3. The molecular formula is C24H30N4O2S2. The third-order valence-electron chi connectivity index (χ3n) is 5.40. The highest BCUT2D eigenvalue weighted by Gasteiger charge is 2.32. The molecule has 1 saturated carbocycles. The molecule has 0 N–H and O–H groups in total. The van der Waals surface area contributed by atoms with Gasteiger partial charge < -0.3 is 14.2 Å². The van der Waals surface area contributed by atoms with E-state index in [-0.39, 0.29) is 5.91 Å². The van der Waals surface area contributed by atoms with Crippen LogP contribution in [0.1, 0.15) is 44.5 Å². The molecular weight excluding hydrogens is 440 g/mol. The van der Waals surface area contributed by atoms with Gasteiger partial charge in [-0.05, 0) is 59.7 Å². The van der Waals surface area contributed by atoms with Gasteiger partial charge in [0.2, 0.25) is 5.91 Å². The summed E-state index contributed by atoms with van der Waals surface area (Å²) in [4.78, 5) is 15.1. The minimum atomic E-state index is 0.171. The molecule has 1 fully saturated rings. The molecule has 1 aliphatic carbocycles. The molecule has 0 aliphatic heterocycles. The van der Waals surface area contributed by atoms with Crippen LogP contribution in [0.15, 0.2) is 52.3 Å². The fourth-order valence-corrected chi connectivity index (χ4v) is 4.93. The summed E-state index contributed by atoms with van der Waals surface area (Å²) in [7, 11) is 0. The van der Waals surface area contributed by atoms with Crippen LogP contribution in [0.25, 0.3) is 0 Å². The Morgan fingerprint density at radius 2 is 2.06 bits per heavy atom. The van der Waals surface area contributed by atoms with Gasteiger partial charge in [-0.1, -0.05) is 43.8 Å². The summed E-state index contributed by atoms with van der Waals surface area (Å²) in [6.07, 6.45) is 3.22. The number of carbonyl (C=O) groups excluding carboxylic acids is 1. The molecule has 2 aromatic heterocycles. The van der Waals surface area contributed by atoms with Gasteiger partial charge in [-0.15, -0.1) is 10.2 Å². The number of rotatable bonds is 12. The van der Waals surface area contributed by atoms with Crippen molar-refractivity contribution in [1.29, 1.82) is 0 Å². The molecule has 8 heteroatoms. The summed E-state index contributed by atoms with van der Waals surface area (Å²) in [5.74, 6) is 2.71. The second kappa shape index (κ2) is 11.0. The van der Waals surface area contributed by atoms with Crippen LogP contribution >= 0.6 is 23.1 Å². The molecule has 0 bridgehead atoms. The lowest BCUT2D eigenvalue weighted by atomic mass is 10.1. The average molecular weight is 471 g/mol. The number of carbonyl (C=O) groups is 1. The summed E-state index contributed by atoms with van der Waals surface area (Å²) >= 11 is 3.16. The van der Waals surface area contributed by atoms with E-state index in [1.807, 2.05) is 35.2 Å². The first-order chi connectivity index (χ1) is 15.6. The van der Waals surface area contributed by atoms with Gasteiger partial charge in [0.1, 0.15) is 12.4 Å². The molecule has 3 aromatic rings. The monoisotopic (exact) mass is 470 g/mol. The van der Waals surface area contributed by atoms with E-state index in [1.54, 1.807) is 11.3 Å². The maximum atomic E-state index is 13.0. The van der Waals surface area contributed by atoms with Crippen LogP contribution in [0, 0.1) is 5.92 Å². The zero-order valence-electron chi connectivity index (χ0n) is 18.6. The Bertz CT molecular complexity index is 985. The SMILES string of the molecule is CC(C)CCn1c(COc2ccccc2)nnc1SCC(=O)N(Cc1ccsc1)C1CC1. The van der Waals surface area contributed by atoms with Crippen LogP contribution in [0.2, 0.25) is 0 Å². The van der Waals surface area contributed by atoms with E-state index in [4.69, 9.17) is 4.74 Å². The fourth-order valence-electron chi connectivity index (χ4n) is 3.40. The van der Waals surface area contributed by atoms with Crippen molar-refractivity contribution in [1.82, 2.24) is 19.7 Å². The lowest BCUT2D eigenvalue weighted by molar-refractivity contribution is -0.129. The Kier molecular flexibility index (Phi) is 7.86. The third-order valence-corrected chi connectivity index (χ3v) is 7.08. The Morgan fingerprint density at radius 3 is 2.75 bits per heavy atom. The fraction of sp³-hybridized carbons (Fsp3) is 0.458. The molecule has 170 valence electrons. The molecule has 1 aromatic carbocycles. The van der Waals surface area contributed by atoms with Crippen LogP contribution in [0.4, 0.5) is 0 Å². The Labute approximate surface area is 198 Å². The number of amides is 1. The van der Waals surface area contributed by atoms with Crippen molar-refractivity contribution in [3.8, 4) is 5.75 Å². The van der Waals surface area contributed by atoms with Gasteiger partial charge in [0.05, 0.1) is 5.75 Å². The number of thiophene rings is 1.